The highest BCUT2D eigenvalue weighted by Crippen LogP contribution is 2.35. The lowest BCUT2D eigenvalue weighted by Gasteiger charge is -2.24. The van der Waals surface area contributed by atoms with Crippen molar-refractivity contribution in [1.29, 1.82) is 0 Å². The topological polar surface area (TPSA) is 30.5 Å². The van der Waals surface area contributed by atoms with Crippen molar-refractivity contribution in [2.24, 2.45) is 0 Å². The van der Waals surface area contributed by atoms with Gasteiger partial charge >= 0.3 is 0 Å². The van der Waals surface area contributed by atoms with Crippen LogP contribution in [-0.2, 0) is 0 Å². The average molecular weight is 395 g/mol. The number of ether oxygens (including phenoxy) is 2. The maximum atomic E-state index is 5.76. The Kier molecular flexibility index (Phi) is 6.63. The standard InChI is InChI=1S/C14H21Br2NO2/c1-5-14(2,3)17-6-7-19-13-9-10(15)12(18-4)8-11(13)16/h8-9,17H,5-7H2,1-4H3. The molecule has 0 radical (unpaired) electrons. The van der Waals surface area contributed by atoms with Gasteiger partial charge in [-0.05, 0) is 64.3 Å². The summed E-state index contributed by atoms with van der Waals surface area (Å²) in [5.41, 5.74) is 0.154. The molecular weight excluding hydrogens is 374 g/mol. The molecular formula is C14H21Br2NO2. The van der Waals surface area contributed by atoms with Crippen LogP contribution < -0.4 is 14.8 Å². The first-order valence-electron chi connectivity index (χ1n) is 6.30. The molecule has 1 N–H and O–H groups in total. The average Bonchev–Trinajstić information content (AvgIpc) is 2.38. The molecule has 0 aliphatic carbocycles. The Morgan fingerprint density at radius 3 is 2.32 bits per heavy atom. The van der Waals surface area contributed by atoms with Gasteiger partial charge in [-0.15, -0.1) is 0 Å². The van der Waals surface area contributed by atoms with Crippen LogP contribution in [0.25, 0.3) is 0 Å². The Morgan fingerprint density at radius 2 is 1.74 bits per heavy atom. The molecule has 0 amide bonds. The first-order chi connectivity index (χ1) is 8.89. The highest BCUT2D eigenvalue weighted by Gasteiger charge is 2.13. The molecule has 108 valence electrons. The van der Waals surface area contributed by atoms with Gasteiger partial charge in [-0.25, -0.2) is 0 Å². The fourth-order valence-corrected chi connectivity index (χ4v) is 2.37. The molecule has 0 aliphatic heterocycles. The van der Waals surface area contributed by atoms with Gasteiger partial charge in [-0.3, -0.25) is 0 Å². The van der Waals surface area contributed by atoms with Gasteiger partial charge < -0.3 is 14.8 Å². The van der Waals surface area contributed by atoms with E-state index in [1.807, 2.05) is 12.1 Å². The molecule has 0 aromatic heterocycles. The van der Waals surface area contributed by atoms with Gasteiger partial charge in [-0.1, -0.05) is 6.92 Å². The second-order valence-corrected chi connectivity index (χ2v) is 6.64. The molecule has 0 heterocycles. The van der Waals surface area contributed by atoms with E-state index in [0.717, 1.165) is 33.4 Å². The minimum atomic E-state index is 0.154. The predicted octanol–water partition coefficient (Wildman–Crippen LogP) is 4.38. The van der Waals surface area contributed by atoms with E-state index < -0.39 is 0 Å². The molecule has 1 rings (SSSR count). The molecule has 0 fully saturated rings. The molecule has 1 aromatic rings. The van der Waals surface area contributed by atoms with Gasteiger partial charge in [0.05, 0.1) is 16.1 Å². The number of methoxy groups -OCH3 is 1. The van der Waals surface area contributed by atoms with Crippen LogP contribution in [0.2, 0.25) is 0 Å². The number of hydrogen-bond acceptors (Lipinski definition) is 3. The van der Waals surface area contributed by atoms with Crippen LogP contribution in [0.4, 0.5) is 0 Å². The summed E-state index contributed by atoms with van der Waals surface area (Å²) in [5.74, 6) is 1.59. The van der Waals surface area contributed by atoms with E-state index in [9.17, 15) is 0 Å². The van der Waals surface area contributed by atoms with Crippen LogP contribution >= 0.6 is 31.9 Å². The lowest BCUT2D eigenvalue weighted by molar-refractivity contribution is 0.279. The number of rotatable bonds is 7. The monoisotopic (exact) mass is 393 g/mol. The van der Waals surface area contributed by atoms with Crippen LogP contribution in [0.3, 0.4) is 0 Å². The summed E-state index contributed by atoms with van der Waals surface area (Å²) in [5, 5.41) is 3.46. The molecule has 0 saturated heterocycles. The van der Waals surface area contributed by atoms with Crippen molar-refractivity contribution in [2.75, 3.05) is 20.3 Å². The summed E-state index contributed by atoms with van der Waals surface area (Å²) in [6, 6.07) is 3.80. The summed E-state index contributed by atoms with van der Waals surface area (Å²) in [6.45, 7) is 7.99. The predicted molar refractivity (Wildman–Crippen MR) is 86.3 cm³/mol. The molecule has 19 heavy (non-hydrogen) atoms. The molecule has 5 heteroatoms. The van der Waals surface area contributed by atoms with Crippen molar-refractivity contribution in [3.63, 3.8) is 0 Å². The smallest absolute Gasteiger partial charge is 0.134 e. The summed E-state index contributed by atoms with van der Waals surface area (Å²) >= 11 is 6.93. The summed E-state index contributed by atoms with van der Waals surface area (Å²) < 4.78 is 12.8. The van der Waals surface area contributed by atoms with E-state index >= 15 is 0 Å². The number of benzene rings is 1. The molecule has 0 unspecified atom stereocenters. The zero-order valence-electron chi connectivity index (χ0n) is 11.8. The van der Waals surface area contributed by atoms with Crippen molar-refractivity contribution in [3.05, 3.63) is 21.1 Å². The first-order valence-corrected chi connectivity index (χ1v) is 7.89. The Balaban J connectivity index is 2.52. The van der Waals surface area contributed by atoms with E-state index in [1.165, 1.54) is 0 Å². The van der Waals surface area contributed by atoms with E-state index in [0.29, 0.717) is 6.61 Å². The maximum absolute atomic E-state index is 5.76. The fourth-order valence-electron chi connectivity index (χ4n) is 1.45. The Labute approximate surface area is 132 Å². The van der Waals surface area contributed by atoms with Gasteiger partial charge in [0.2, 0.25) is 0 Å². The Bertz CT molecular complexity index is 422. The van der Waals surface area contributed by atoms with Crippen molar-refractivity contribution >= 4 is 31.9 Å². The lowest BCUT2D eigenvalue weighted by Crippen LogP contribution is -2.40. The van der Waals surface area contributed by atoms with Gasteiger partial charge in [0.25, 0.3) is 0 Å². The third kappa shape index (κ3) is 5.32. The zero-order chi connectivity index (χ0) is 14.5. The summed E-state index contributed by atoms with van der Waals surface area (Å²) in [6.07, 6.45) is 1.09. The molecule has 0 saturated carbocycles. The molecule has 0 atom stereocenters. The third-order valence-corrected chi connectivity index (χ3v) is 4.29. The van der Waals surface area contributed by atoms with Crippen LogP contribution in [0, 0.1) is 0 Å². The van der Waals surface area contributed by atoms with Crippen LogP contribution in [-0.4, -0.2) is 25.8 Å². The summed E-state index contributed by atoms with van der Waals surface area (Å²) in [4.78, 5) is 0. The van der Waals surface area contributed by atoms with Crippen molar-refractivity contribution in [1.82, 2.24) is 5.32 Å². The molecule has 3 nitrogen and oxygen atoms in total. The van der Waals surface area contributed by atoms with Gasteiger partial charge in [0.1, 0.15) is 18.1 Å². The largest absolute Gasteiger partial charge is 0.496 e. The lowest BCUT2D eigenvalue weighted by atomic mass is 10.0. The number of nitrogens with one attached hydrogen (secondary N) is 1. The van der Waals surface area contributed by atoms with E-state index in [1.54, 1.807) is 7.11 Å². The van der Waals surface area contributed by atoms with Gasteiger partial charge in [-0.2, -0.15) is 0 Å². The van der Waals surface area contributed by atoms with Crippen molar-refractivity contribution in [3.8, 4) is 11.5 Å². The maximum Gasteiger partial charge on any atom is 0.134 e. The van der Waals surface area contributed by atoms with Crippen molar-refractivity contribution < 1.29 is 9.47 Å². The van der Waals surface area contributed by atoms with Crippen LogP contribution in [0.15, 0.2) is 21.1 Å². The molecule has 1 aromatic carbocycles. The molecule has 0 bridgehead atoms. The summed E-state index contributed by atoms with van der Waals surface area (Å²) in [7, 11) is 1.64. The van der Waals surface area contributed by atoms with Gasteiger partial charge in [0, 0.05) is 12.1 Å². The Morgan fingerprint density at radius 1 is 1.16 bits per heavy atom. The van der Waals surface area contributed by atoms with E-state index in [-0.39, 0.29) is 5.54 Å². The van der Waals surface area contributed by atoms with Crippen LogP contribution in [0.1, 0.15) is 27.2 Å². The second kappa shape index (κ2) is 7.50. The minimum Gasteiger partial charge on any atom is -0.496 e. The molecule has 0 aliphatic rings. The van der Waals surface area contributed by atoms with E-state index in [2.05, 4.69) is 57.9 Å². The highest BCUT2D eigenvalue weighted by molar-refractivity contribution is 9.11. The van der Waals surface area contributed by atoms with Crippen molar-refractivity contribution in [2.45, 2.75) is 32.7 Å². The number of hydrogen-bond donors (Lipinski definition) is 1. The normalized spacial score (nSPS) is 11.5. The quantitative estimate of drug-likeness (QED) is 0.696. The third-order valence-electron chi connectivity index (χ3n) is 3.05. The van der Waals surface area contributed by atoms with E-state index in [4.69, 9.17) is 9.47 Å². The fraction of sp³-hybridized carbons (Fsp3) is 0.571. The second-order valence-electron chi connectivity index (χ2n) is 4.93. The first kappa shape index (κ1) is 16.8. The Hall–Kier alpha value is -0.260. The zero-order valence-corrected chi connectivity index (χ0v) is 15.0. The van der Waals surface area contributed by atoms with Gasteiger partial charge in [0.15, 0.2) is 0 Å². The number of halogens is 2. The highest BCUT2D eigenvalue weighted by atomic mass is 79.9. The van der Waals surface area contributed by atoms with Crippen LogP contribution in [0.5, 0.6) is 11.5 Å². The molecule has 0 spiro atoms. The minimum absolute atomic E-state index is 0.154. The SMILES string of the molecule is CCC(C)(C)NCCOc1cc(Br)c(OC)cc1Br.